The summed E-state index contributed by atoms with van der Waals surface area (Å²) in [6.07, 6.45) is -0.200. The van der Waals surface area contributed by atoms with Crippen LogP contribution in [0.3, 0.4) is 0 Å². The molecule has 1 N–H and O–H groups in total. The van der Waals surface area contributed by atoms with Crippen LogP contribution in [0.25, 0.3) is 0 Å². The third-order valence-corrected chi connectivity index (χ3v) is 1.71. The average molecular weight is 178 g/mol. The summed E-state index contributed by atoms with van der Waals surface area (Å²) in [6, 6.07) is 0. The van der Waals surface area contributed by atoms with Crippen molar-refractivity contribution in [3.63, 3.8) is 0 Å². The highest BCUT2D eigenvalue weighted by molar-refractivity contribution is 7.80. The molecular formula is C7H14O3S. The second-order valence-electron chi connectivity index (χ2n) is 2.89. The zero-order valence-corrected chi connectivity index (χ0v) is 7.89. The molecule has 66 valence electrons. The van der Waals surface area contributed by atoms with Crippen LogP contribution in [0.4, 0.5) is 0 Å². The summed E-state index contributed by atoms with van der Waals surface area (Å²) >= 11 is 3.81. The maximum Gasteiger partial charge on any atom is 0.338 e. The van der Waals surface area contributed by atoms with E-state index in [2.05, 4.69) is 12.6 Å². The van der Waals surface area contributed by atoms with Crippen molar-refractivity contribution in [1.29, 1.82) is 0 Å². The summed E-state index contributed by atoms with van der Waals surface area (Å²) in [5.41, 5.74) is -1.46. The van der Waals surface area contributed by atoms with Gasteiger partial charge in [-0.25, -0.2) is 4.79 Å². The van der Waals surface area contributed by atoms with Crippen molar-refractivity contribution in [2.24, 2.45) is 0 Å². The number of hydrogen-bond donors (Lipinski definition) is 2. The average Bonchev–Trinajstić information content (AvgIpc) is 1.86. The van der Waals surface area contributed by atoms with Crippen LogP contribution in [0.15, 0.2) is 0 Å². The normalized spacial score (nSPS) is 16.2. The largest absolute Gasteiger partial charge is 0.461 e. The highest BCUT2D eigenvalue weighted by atomic mass is 32.1. The van der Waals surface area contributed by atoms with Crippen LogP contribution in [-0.2, 0) is 9.53 Å². The van der Waals surface area contributed by atoms with Gasteiger partial charge in [0.1, 0.15) is 0 Å². The van der Waals surface area contributed by atoms with E-state index in [0.29, 0.717) is 0 Å². The summed E-state index contributed by atoms with van der Waals surface area (Å²) in [5, 5.41) is 9.29. The fraction of sp³-hybridized carbons (Fsp3) is 0.857. The van der Waals surface area contributed by atoms with Gasteiger partial charge in [-0.1, -0.05) is 0 Å². The van der Waals surface area contributed by atoms with E-state index in [0.717, 1.165) is 0 Å². The second kappa shape index (κ2) is 3.97. The quantitative estimate of drug-likeness (QED) is 0.492. The molecular weight excluding hydrogens is 164 g/mol. The number of esters is 1. The Morgan fingerprint density at radius 3 is 2.45 bits per heavy atom. The molecule has 0 aromatic carbocycles. The topological polar surface area (TPSA) is 46.5 Å². The molecule has 0 fully saturated rings. The van der Waals surface area contributed by atoms with E-state index < -0.39 is 11.6 Å². The van der Waals surface area contributed by atoms with Crippen molar-refractivity contribution in [2.45, 2.75) is 32.5 Å². The molecule has 3 nitrogen and oxygen atoms in total. The van der Waals surface area contributed by atoms with Crippen LogP contribution in [0.5, 0.6) is 0 Å². The van der Waals surface area contributed by atoms with Crippen molar-refractivity contribution in [3.05, 3.63) is 0 Å². The summed E-state index contributed by atoms with van der Waals surface area (Å²) in [4.78, 5) is 11.0. The molecule has 0 heterocycles. The standard InChI is InChI=1S/C7H14O3S/c1-5(2)10-6(8)7(3,9)4-11/h5,9,11H,4H2,1-3H3. The first-order valence-corrected chi connectivity index (χ1v) is 4.07. The van der Waals surface area contributed by atoms with Gasteiger partial charge in [0, 0.05) is 5.75 Å². The molecule has 0 saturated carbocycles. The lowest BCUT2D eigenvalue weighted by Crippen LogP contribution is -2.39. The first-order valence-electron chi connectivity index (χ1n) is 3.44. The van der Waals surface area contributed by atoms with Crippen LogP contribution in [0.1, 0.15) is 20.8 Å². The molecule has 1 atom stereocenters. The van der Waals surface area contributed by atoms with Gasteiger partial charge in [0.25, 0.3) is 0 Å². The maximum atomic E-state index is 11.0. The van der Waals surface area contributed by atoms with Crippen molar-refractivity contribution < 1.29 is 14.6 Å². The van der Waals surface area contributed by atoms with Crippen LogP contribution >= 0.6 is 12.6 Å². The molecule has 11 heavy (non-hydrogen) atoms. The van der Waals surface area contributed by atoms with Gasteiger partial charge in [-0.15, -0.1) is 0 Å². The Hall–Kier alpha value is -0.220. The van der Waals surface area contributed by atoms with Crippen LogP contribution in [0, 0.1) is 0 Å². The molecule has 0 aromatic rings. The van der Waals surface area contributed by atoms with Gasteiger partial charge in [-0.3, -0.25) is 0 Å². The fourth-order valence-electron chi connectivity index (χ4n) is 0.406. The third-order valence-electron chi connectivity index (χ3n) is 1.09. The Balaban J connectivity index is 4.02. The van der Waals surface area contributed by atoms with E-state index in [1.165, 1.54) is 6.92 Å². The number of thiol groups is 1. The number of carbonyl (C=O) groups excluding carboxylic acids is 1. The minimum atomic E-state index is -1.46. The van der Waals surface area contributed by atoms with Crippen molar-refractivity contribution in [1.82, 2.24) is 0 Å². The predicted octanol–water partition coefficient (Wildman–Crippen LogP) is 0.619. The minimum Gasteiger partial charge on any atom is -0.461 e. The lowest BCUT2D eigenvalue weighted by atomic mass is 10.1. The first kappa shape index (κ1) is 10.8. The summed E-state index contributed by atoms with van der Waals surface area (Å²) in [6.45, 7) is 4.84. The zero-order valence-electron chi connectivity index (χ0n) is 7.00. The molecule has 0 amide bonds. The van der Waals surface area contributed by atoms with Crippen molar-refractivity contribution >= 4 is 18.6 Å². The Kier molecular flexibility index (Phi) is 3.89. The summed E-state index contributed by atoms with van der Waals surface area (Å²) < 4.78 is 4.77. The summed E-state index contributed by atoms with van der Waals surface area (Å²) in [7, 11) is 0. The van der Waals surface area contributed by atoms with E-state index in [1.54, 1.807) is 13.8 Å². The molecule has 4 heteroatoms. The summed E-state index contributed by atoms with van der Waals surface area (Å²) in [5.74, 6) is -0.555. The predicted molar refractivity (Wildman–Crippen MR) is 45.7 cm³/mol. The number of aliphatic hydroxyl groups is 1. The van der Waals surface area contributed by atoms with Gasteiger partial charge >= 0.3 is 5.97 Å². The first-order chi connectivity index (χ1) is 4.90. The molecule has 1 unspecified atom stereocenters. The monoisotopic (exact) mass is 178 g/mol. The number of carbonyl (C=O) groups is 1. The molecule has 0 radical (unpaired) electrons. The number of hydrogen-bond acceptors (Lipinski definition) is 4. The Bertz CT molecular complexity index is 143. The Morgan fingerprint density at radius 1 is 1.73 bits per heavy atom. The zero-order chi connectivity index (χ0) is 9.07. The van der Waals surface area contributed by atoms with E-state index >= 15 is 0 Å². The van der Waals surface area contributed by atoms with Crippen LogP contribution in [-0.4, -0.2) is 28.5 Å². The molecule has 0 bridgehead atoms. The Labute approximate surface area is 72.2 Å². The maximum absolute atomic E-state index is 11.0. The number of ether oxygens (including phenoxy) is 1. The van der Waals surface area contributed by atoms with Gasteiger partial charge in [0.15, 0.2) is 5.60 Å². The minimum absolute atomic E-state index is 0.0680. The SMILES string of the molecule is CC(C)OC(=O)C(C)(O)CS. The lowest BCUT2D eigenvalue weighted by Gasteiger charge is -2.20. The Morgan fingerprint density at radius 2 is 2.18 bits per heavy atom. The fourth-order valence-corrected chi connectivity index (χ4v) is 0.535. The smallest absolute Gasteiger partial charge is 0.338 e. The highest BCUT2D eigenvalue weighted by Crippen LogP contribution is 2.09. The second-order valence-corrected chi connectivity index (χ2v) is 3.20. The highest BCUT2D eigenvalue weighted by Gasteiger charge is 2.30. The molecule has 0 saturated heterocycles. The van der Waals surface area contributed by atoms with Crippen LogP contribution < -0.4 is 0 Å². The van der Waals surface area contributed by atoms with Crippen molar-refractivity contribution in [3.8, 4) is 0 Å². The lowest BCUT2D eigenvalue weighted by molar-refractivity contribution is -0.165. The number of rotatable bonds is 3. The van der Waals surface area contributed by atoms with Gasteiger partial charge in [-0.2, -0.15) is 12.6 Å². The molecule has 0 aromatic heterocycles. The molecule has 0 aliphatic rings. The van der Waals surface area contributed by atoms with E-state index in [1.807, 2.05) is 0 Å². The van der Waals surface area contributed by atoms with Gasteiger partial charge in [0.05, 0.1) is 6.10 Å². The van der Waals surface area contributed by atoms with Crippen LogP contribution in [0.2, 0.25) is 0 Å². The van der Waals surface area contributed by atoms with Gasteiger partial charge in [0.2, 0.25) is 0 Å². The molecule has 0 aliphatic heterocycles. The van der Waals surface area contributed by atoms with Gasteiger partial charge < -0.3 is 9.84 Å². The van der Waals surface area contributed by atoms with Crippen molar-refractivity contribution in [2.75, 3.05) is 5.75 Å². The molecule has 0 spiro atoms. The van der Waals surface area contributed by atoms with E-state index in [9.17, 15) is 9.90 Å². The molecule has 0 aliphatic carbocycles. The third kappa shape index (κ3) is 3.62. The van der Waals surface area contributed by atoms with E-state index in [-0.39, 0.29) is 11.9 Å². The van der Waals surface area contributed by atoms with Gasteiger partial charge in [-0.05, 0) is 20.8 Å². The molecule has 0 rings (SSSR count). The van der Waals surface area contributed by atoms with E-state index in [4.69, 9.17) is 4.74 Å².